The molecule has 0 spiro atoms. The summed E-state index contributed by atoms with van der Waals surface area (Å²) in [6, 6.07) is 1.70. The van der Waals surface area contributed by atoms with Gasteiger partial charge in [-0.25, -0.2) is 4.98 Å². The monoisotopic (exact) mass is 181 g/mol. The van der Waals surface area contributed by atoms with Gasteiger partial charge in [-0.3, -0.25) is 4.79 Å². The maximum absolute atomic E-state index is 10.7. The fourth-order valence-electron chi connectivity index (χ4n) is 0.911. The first-order valence-electron chi connectivity index (χ1n) is 3.82. The highest BCUT2D eigenvalue weighted by molar-refractivity contribution is 5.70. The minimum absolute atomic E-state index is 0.320. The van der Waals surface area contributed by atoms with Gasteiger partial charge in [0, 0.05) is 13.1 Å². The van der Waals surface area contributed by atoms with Crippen molar-refractivity contribution in [2.75, 3.05) is 7.11 Å². The molecule has 0 saturated heterocycles. The number of rotatable bonds is 2. The average molecular weight is 181 g/mol. The van der Waals surface area contributed by atoms with Crippen LogP contribution >= 0.6 is 0 Å². The molecule has 0 aliphatic heterocycles. The third-order valence-corrected chi connectivity index (χ3v) is 1.40. The number of hydrogen-bond donors (Lipinski definition) is 0. The molecule has 1 aromatic rings. The Hall–Kier alpha value is -1.58. The molecule has 0 unspecified atom stereocenters. The molecule has 0 atom stereocenters. The van der Waals surface area contributed by atoms with Crippen LogP contribution in [0, 0.1) is 6.92 Å². The van der Waals surface area contributed by atoms with Crippen LogP contribution in [0.1, 0.15) is 12.5 Å². The predicted molar refractivity (Wildman–Crippen MR) is 46.8 cm³/mol. The van der Waals surface area contributed by atoms with Crippen LogP contribution in [0.4, 0.5) is 0 Å². The summed E-state index contributed by atoms with van der Waals surface area (Å²) in [4.78, 5) is 14.6. The van der Waals surface area contributed by atoms with Crippen LogP contribution in [0.3, 0.4) is 0 Å². The van der Waals surface area contributed by atoms with Gasteiger partial charge in [0.05, 0.1) is 7.11 Å². The number of carbonyl (C=O) groups is 1. The third kappa shape index (κ3) is 2.43. The zero-order chi connectivity index (χ0) is 9.84. The van der Waals surface area contributed by atoms with E-state index in [1.165, 1.54) is 14.0 Å². The van der Waals surface area contributed by atoms with E-state index in [-0.39, 0.29) is 5.97 Å². The van der Waals surface area contributed by atoms with E-state index < -0.39 is 0 Å². The Morgan fingerprint density at radius 1 is 1.54 bits per heavy atom. The van der Waals surface area contributed by atoms with Gasteiger partial charge in [-0.05, 0) is 18.6 Å². The van der Waals surface area contributed by atoms with E-state index in [9.17, 15) is 4.79 Å². The molecular weight excluding hydrogens is 170 g/mol. The number of pyridine rings is 1. The molecule has 1 heterocycles. The average Bonchev–Trinajstić information content (AvgIpc) is 2.03. The van der Waals surface area contributed by atoms with Crippen LogP contribution in [-0.4, -0.2) is 18.1 Å². The number of methoxy groups -OCH3 is 1. The van der Waals surface area contributed by atoms with Gasteiger partial charge in [0.2, 0.25) is 0 Å². The first-order valence-corrected chi connectivity index (χ1v) is 3.82. The number of aromatic nitrogens is 1. The summed E-state index contributed by atoms with van der Waals surface area (Å²) in [6.45, 7) is 3.20. The Kier molecular flexibility index (Phi) is 2.84. The first kappa shape index (κ1) is 9.51. The highest BCUT2D eigenvalue weighted by atomic mass is 16.6. The van der Waals surface area contributed by atoms with Crippen LogP contribution in [0.5, 0.6) is 11.6 Å². The lowest BCUT2D eigenvalue weighted by molar-refractivity contribution is -0.132. The van der Waals surface area contributed by atoms with Crippen LogP contribution < -0.4 is 9.47 Å². The summed E-state index contributed by atoms with van der Waals surface area (Å²) in [6.07, 6.45) is 1.64. The van der Waals surface area contributed by atoms with Crippen LogP contribution in [0.2, 0.25) is 0 Å². The lowest BCUT2D eigenvalue weighted by Gasteiger charge is -2.06. The largest absolute Gasteiger partial charge is 0.478 e. The number of aryl methyl sites for hydroxylation is 1. The van der Waals surface area contributed by atoms with Crippen molar-refractivity contribution < 1.29 is 14.3 Å². The van der Waals surface area contributed by atoms with E-state index in [1.807, 2.05) is 6.92 Å². The topological polar surface area (TPSA) is 48.4 Å². The maximum Gasteiger partial charge on any atom is 0.308 e. The van der Waals surface area contributed by atoms with Crippen molar-refractivity contribution in [2.45, 2.75) is 13.8 Å². The summed E-state index contributed by atoms with van der Waals surface area (Å²) in [5, 5.41) is 0. The normalized spacial score (nSPS) is 9.46. The van der Waals surface area contributed by atoms with Gasteiger partial charge < -0.3 is 9.47 Å². The lowest BCUT2D eigenvalue weighted by Crippen LogP contribution is -2.04. The highest BCUT2D eigenvalue weighted by Crippen LogP contribution is 2.24. The van der Waals surface area contributed by atoms with E-state index in [1.54, 1.807) is 12.3 Å². The van der Waals surface area contributed by atoms with Gasteiger partial charge in [0.1, 0.15) is 0 Å². The zero-order valence-electron chi connectivity index (χ0n) is 7.83. The van der Waals surface area contributed by atoms with Crippen molar-refractivity contribution in [1.82, 2.24) is 4.98 Å². The first-order chi connectivity index (χ1) is 6.13. The van der Waals surface area contributed by atoms with Crippen molar-refractivity contribution in [3.8, 4) is 11.6 Å². The quantitative estimate of drug-likeness (QED) is 0.646. The van der Waals surface area contributed by atoms with E-state index in [0.29, 0.717) is 11.6 Å². The lowest BCUT2D eigenvalue weighted by atomic mass is 10.3. The zero-order valence-corrected chi connectivity index (χ0v) is 7.83. The number of ether oxygens (including phenoxy) is 2. The second-order valence-corrected chi connectivity index (χ2v) is 2.61. The molecule has 13 heavy (non-hydrogen) atoms. The molecule has 70 valence electrons. The van der Waals surface area contributed by atoms with Crippen LogP contribution in [0.15, 0.2) is 12.3 Å². The number of esters is 1. The molecule has 0 N–H and O–H groups in total. The molecule has 0 aromatic carbocycles. The summed E-state index contributed by atoms with van der Waals surface area (Å²) in [7, 11) is 1.48. The van der Waals surface area contributed by atoms with Gasteiger partial charge in [0.15, 0.2) is 5.75 Å². The maximum atomic E-state index is 10.7. The van der Waals surface area contributed by atoms with Crippen molar-refractivity contribution in [2.24, 2.45) is 0 Å². The molecule has 0 amide bonds. The fourth-order valence-corrected chi connectivity index (χ4v) is 0.911. The Morgan fingerprint density at radius 2 is 2.23 bits per heavy atom. The van der Waals surface area contributed by atoms with Gasteiger partial charge >= 0.3 is 5.97 Å². The molecule has 4 nitrogen and oxygen atoms in total. The minimum atomic E-state index is -0.384. The molecule has 0 aliphatic carbocycles. The Morgan fingerprint density at radius 3 is 2.77 bits per heavy atom. The molecule has 1 rings (SSSR count). The van der Waals surface area contributed by atoms with Crippen LogP contribution in [-0.2, 0) is 4.79 Å². The van der Waals surface area contributed by atoms with Crippen LogP contribution in [0.25, 0.3) is 0 Å². The Bertz CT molecular complexity index is 323. The fraction of sp³-hybridized carbons (Fsp3) is 0.333. The smallest absolute Gasteiger partial charge is 0.308 e. The molecule has 0 fully saturated rings. The number of carbonyl (C=O) groups excluding carboxylic acids is 1. The van der Waals surface area contributed by atoms with Gasteiger partial charge in [-0.15, -0.1) is 0 Å². The molecular formula is C9H11NO3. The standard InChI is InChI=1S/C9H11NO3/c1-6-4-8(13-7(2)11)9(12-3)10-5-6/h4-5H,1-3H3. The van der Waals surface area contributed by atoms with Crippen molar-refractivity contribution in [3.63, 3.8) is 0 Å². The molecule has 4 heteroatoms. The molecule has 0 bridgehead atoms. The summed E-state index contributed by atoms with van der Waals surface area (Å²) < 4.78 is 9.80. The summed E-state index contributed by atoms with van der Waals surface area (Å²) in [5.74, 6) is 0.293. The SMILES string of the molecule is COc1ncc(C)cc1OC(C)=O. The van der Waals surface area contributed by atoms with E-state index in [2.05, 4.69) is 4.98 Å². The molecule has 0 aliphatic rings. The summed E-state index contributed by atoms with van der Waals surface area (Å²) in [5.41, 5.74) is 0.914. The minimum Gasteiger partial charge on any atom is -0.478 e. The third-order valence-electron chi connectivity index (χ3n) is 1.40. The van der Waals surface area contributed by atoms with Crippen molar-refractivity contribution >= 4 is 5.97 Å². The van der Waals surface area contributed by atoms with E-state index in [0.717, 1.165) is 5.56 Å². The van der Waals surface area contributed by atoms with Crippen molar-refractivity contribution in [3.05, 3.63) is 17.8 Å². The Labute approximate surface area is 76.5 Å². The van der Waals surface area contributed by atoms with Gasteiger partial charge in [0.25, 0.3) is 5.88 Å². The number of nitrogens with zero attached hydrogens (tertiary/aromatic N) is 1. The summed E-state index contributed by atoms with van der Waals surface area (Å²) >= 11 is 0. The van der Waals surface area contributed by atoms with Gasteiger partial charge in [-0.2, -0.15) is 0 Å². The second-order valence-electron chi connectivity index (χ2n) is 2.61. The highest BCUT2D eigenvalue weighted by Gasteiger charge is 2.07. The predicted octanol–water partition coefficient (Wildman–Crippen LogP) is 1.32. The molecule has 1 aromatic heterocycles. The Balaban J connectivity index is 3.01. The van der Waals surface area contributed by atoms with E-state index in [4.69, 9.17) is 9.47 Å². The number of hydrogen-bond acceptors (Lipinski definition) is 4. The molecule has 0 radical (unpaired) electrons. The van der Waals surface area contributed by atoms with E-state index >= 15 is 0 Å². The molecule has 0 saturated carbocycles. The van der Waals surface area contributed by atoms with Crippen molar-refractivity contribution in [1.29, 1.82) is 0 Å². The van der Waals surface area contributed by atoms with Gasteiger partial charge in [-0.1, -0.05) is 0 Å². The second kappa shape index (κ2) is 3.89.